The maximum Gasteiger partial charge on any atom is 0.243 e. The third kappa shape index (κ3) is 4.25. The third-order valence-electron chi connectivity index (χ3n) is 6.19. The highest BCUT2D eigenvalue weighted by Crippen LogP contribution is 2.36. The van der Waals surface area contributed by atoms with Gasteiger partial charge in [0.2, 0.25) is 10.0 Å². The maximum atomic E-state index is 13.7. The van der Waals surface area contributed by atoms with Gasteiger partial charge in [0.1, 0.15) is 5.82 Å². The molecule has 8 heteroatoms. The molecule has 5 nitrogen and oxygen atoms in total. The van der Waals surface area contributed by atoms with Crippen LogP contribution in [0.25, 0.3) is 11.0 Å². The molecule has 0 unspecified atom stereocenters. The molecule has 3 aromatic rings. The van der Waals surface area contributed by atoms with Crippen LogP contribution in [-0.2, 0) is 22.3 Å². The largest absolute Gasteiger partial charge is 0.319 e. The zero-order chi connectivity index (χ0) is 21.6. The van der Waals surface area contributed by atoms with Gasteiger partial charge < -0.3 is 4.57 Å². The normalized spacial score (nSPS) is 17.6. The number of fused-ring (bicyclic) bond motifs is 1. The van der Waals surface area contributed by atoms with Crippen LogP contribution in [0.1, 0.15) is 36.8 Å². The van der Waals surface area contributed by atoms with E-state index in [1.807, 2.05) is 13.0 Å². The number of halogens is 1. The summed E-state index contributed by atoms with van der Waals surface area (Å²) < 4.78 is 43.4. The highest BCUT2D eigenvalue weighted by molar-refractivity contribution is 7.98. The number of benzene rings is 2. The van der Waals surface area contributed by atoms with Crippen LogP contribution >= 0.6 is 11.8 Å². The van der Waals surface area contributed by atoms with Crippen molar-refractivity contribution in [3.8, 4) is 0 Å². The summed E-state index contributed by atoms with van der Waals surface area (Å²) in [6.07, 6.45) is 4.26. The van der Waals surface area contributed by atoms with Crippen molar-refractivity contribution in [2.75, 3.05) is 13.1 Å². The second-order valence-corrected chi connectivity index (χ2v) is 11.4. The first kappa shape index (κ1) is 21.0. The van der Waals surface area contributed by atoms with Gasteiger partial charge in [0.25, 0.3) is 0 Å². The molecule has 0 radical (unpaired) electrons. The molecule has 0 atom stereocenters. The molecular formula is C23H26FN3O2S2. The summed E-state index contributed by atoms with van der Waals surface area (Å²) in [5, 5.41) is 0.862. The molecule has 0 amide bonds. The van der Waals surface area contributed by atoms with Gasteiger partial charge in [-0.1, -0.05) is 17.8 Å². The van der Waals surface area contributed by atoms with Crippen LogP contribution in [0.4, 0.5) is 4.39 Å². The Morgan fingerprint density at radius 1 is 1.13 bits per heavy atom. The number of thioether (sulfide) groups is 1. The summed E-state index contributed by atoms with van der Waals surface area (Å²) in [5.74, 6) is 1.04. The van der Waals surface area contributed by atoms with Crippen LogP contribution in [0, 0.1) is 18.7 Å². The lowest BCUT2D eigenvalue weighted by molar-refractivity contribution is 0.477. The molecule has 5 rings (SSSR count). The fourth-order valence-corrected chi connectivity index (χ4v) is 6.73. The molecule has 2 aromatic carbocycles. The van der Waals surface area contributed by atoms with Gasteiger partial charge in [-0.15, -0.1) is 0 Å². The number of aryl methyl sites for hydroxylation is 1. The van der Waals surface area contributed by atoms with Gasteiger partial charge in [0.15, 0.2) is 5.16 Å². The number of sulfonamides is 1. The average Bonchev–Trinajstić information content (AvgIpc) is 3.25. The molecule has 31 heavy (non-hydrogen) atoms. The first-order valence-electron chi connectivity index (χ1n) is 10.8. The zero-order valence-electron chi connectivity index (χ0n) is 17.6. The van der Waals surface area contributed by atoms with E-state index in [4.69, 9.17) is 4.98 Å². The van der Waals surface area contributed by atoms with Crippen LogP contribution in [0.5, 0.6) is 0 Å². The molecular weight excluding hydrogens is 433 g/mol. The Morgan fingerprint density at radius 3 is 2.65 bits per heavy atom. The summed E-state index contributed by atoms with van der Waals surface area (Å²) in [5.41, 5.74) is 3.68. The Balaban J connectivity index is 1.48. The minimum atomic E-state index is -3.47. The van der Waals surface area contributed by atoms with E-state index in [1.165, 1.54) is 18.9 Å². The van der Waals surface area contributed by atoms with Crippen LogP contribution in [0.15, 0.2) is 46.5 Å². The SMILES string of the molecule is Cc1ccc(F)cc1CSc1nc2cc(S(=O)(=O)N3CCCC3)ccc2n1CC1CC1. The highest BCUT2D eigenvalue weighted by Gasteiger charge is 2.29. The Kier molecular flexibility index (Phi) is 5.56. The van der Waals surface area contributed by atoms with Gasteiger partial charge in [-0.2, -0.15) is 4.31 Å². The second-order valence-electron chi connectivity index (χ2n) is 8.57. The molecule has 0 N–H and O–H groups in total. The maximum absolute atomic E-state index is 13.7. The van der Waals surface area contributed by atoms with Crippen molar-refractivity contribution < 1.29 is 12.8 Å². The molecule has 2 fully saturated rings. The molecule has 1 aliphatic heterocycles. The molecule has 0 bridgehead atoms. The molecule has 1 aromatic heterocycles. The van der Waals surface area contributed by atoms with Gasteiger partial charge in [-0.3, -0.25) is 0 Å². The van der Waals surface area contributed by atoms with Crippen molar-refractivity contribution in [3.05, 3.63) is 53.3 Å². The van der Waals surface area contributed by atoms with Gasteiger partial charge >= 0.3 is 0 Å². The minimum Gasteiger partial charge on any atom is -0.319 e. The standard InChI is InChI=1S/C23H26FN3O2S2/c1-16-4-7-19(24)12-18(16)15-30-23-25-21-13-20(31(28,29)26-10-2-3-11-26)8-9-22(21)27(23)14-17-5-6-17/h4,7-9,12-13,17H,2-3,5-6,10-11,14-15H2,1H3. The second kappa shape index (κ2) is 8.22. The van der Waals surface area contributed by atoms with Crippen molar-refractivity contribution in [3.63, 3.8) is 0 Å². The van der Waals surface area contributed by atoms with E-state index < -0.39 is 10.0 Å². The average molecular weight is 460 g/mol. The van der Waals surface area contributed by atoms with Crippen molar-refractivity contribution in [1.82, 2.24) is 13.9 Å². The van der Waals surface area contributed by atoms with Gasteiger partial charge in [-0.25, -0.2) is 17.8 Å². The first-order chi connectivity index (χ1) is 14.9. The smallest absolute Gasteiger partial charge is 0.243 e. The van der Waals surface area contributed by atoms with E-state index >= 15 is 0 Å². The number of rotatable bonds is 7. The Hall–Kier alpha value is -1.90. The first-order valence-corrected chi connectivity index (χ1v) is 13.2. The predicted octanol–water partition coefficient (Wildman–Crippen LogP) is 4.97. The Morgan fingerprint density at radius 2 is 1.90 bits per heavy atom. The summed E-state index contributed by atoms with van der Waals surface area (Å²) in [6.45, 7) is 4.05. The topological polar surface area (TPSA) is 55.2 Å². The molecule has 2 heterocycles. The van der Waals surface area contributed by atoms with Gasteiger partial charge in [0, 0.05) is 25.4 Å². The van der Waals surface area contributed by atoms with Gasteiger partial charge in [0.05, 0.1) is 15.9 Å². The van der Waals surface area contributed by atoms with Crippen molar-refractivity contribution in [2.45, 2.75) is 55.0 Å². The predicted molar refractivity (Wildman–Crippen MR) is 121 cm³/mol. The quantitative estimate of drug-likeness (QED) is 0.468. The molecule has 1 saturated carbocycles. The third-order valence-corrected chi connectivity index (χ3v) is 9.11. The van der Waals surface area contributed by atoms with Crippen molar-refractivity contribution in [2.24, 2.45) is 5.92 Å². The lowest BCUT2D eigenvalue weighted by Gasteiger charge is -2.15. The molecule has 0 spiro atoms. The number of hydrogen-bond acceptors (Lipinski definition) is 4. The fourth-order valence-electron chi connectivity index (χ4n) is 4.11. The van der Waals surface area contributed by atoms with E-state index in [0.29, 0.717) is 35.2 Å². The minimum absolute atomic E-state index is 0.232. The summed E-state index contributed by atoms with van der Waals surface area (Å²) in [4.78, 5) is 5.13. The van der Waals surface area contributed by atoms with E-state index in [-0.39, 0.29) is 5.82 Å². The summed E-state index contributed by atoms with van der Waals surface area (Å²) in [7, 11) is -3.47. The van der Waals surface area contributed by atoms with Crippen LogP contribution in [0.2, 0.25) is 0 Å². The van der Waals surface area contributed by atoms with E-state index in [9.17, 15) is 12.8 Å². The number of aromatic nitrogens is 2. The molecule has 1 saturated heterocycles. The van der Waals surface area contributed by atoms with Gasteiger partial charge in [-0.05, 0) is 80.0 Å². The van der Waals surface area contributed by atoms with E-state index in [1.54, 1.807) is 40.3 Å². The monoisotopic (exact) mass is 459 g/mol. The van der Waals surface area contributed by atoms with Crippen molar-refractivity contribution >= 4 is 32.8 Å². The molecule has 2 aliphatic rings. The van der Waals surface area contributed by atoms with E-state index in [2.05, 4.69) is 4.57 Å². The molecule has 1 aliphatic carbocycles. The van der Waals surface area contributed by atoms with Crippen molar-refractivity contribution in [1.29, 1.82) is 0 Å². The van der Waals surface area contributed by atoms with Crippen LogP contribution < -0.4 is 0 Å². The van der Waals surface area contributed by atoms with E-state index in [0.717, 1.165) is 41.2 Å². The van der Waals surface area contributed by atoms with Crippen LogP contribution in [-0.4, -0.2) is 35.4 Å². The Labute approximate surface area is 186 Å². The fraction of sp³-hybridized carbons (Fsp3) is 0.435. The molecule has 164 valence electrons. The zero-order valence-corrected chi connectivity index (χ0v) is 19.2. The number of imidazole rings is 1. The summed E-state index contributed by atoms with van der Waals surface area (Å²) in [6, 6.07) is 10.2. The summed E-state index contributed by atoms with van der Waals surface area (Å²) >= 11 is 1.58. The van der Waals surface area contributed by atoms with Crippen LogP contribution in [0.3, 0.4) is 0 Å². The lowest BCUT2D eigenvalue weighted by Crippen LogP contribution is -2.27. The Bertz CT molecular complexity index is 1230. The lowest BCUT2D eigenvalue weighted by atomic mass is 10.1. The number of nitrogens with zero attached hydrogens (tertiary/aromatic N) is 3. The highest BCUT2D eigenvalue weighted by atomic mass is 32.2. The number of hydrogen-bond donors (Lipinski definition) is 0.